The summed E-state index contributed by atoms with van der Waals surface area (Å²) in [4.78, 5) is 17.2. The predicted octanol–water partition coefficient (Wildman–Crippen LogP) is 4.22. The lowest BCUT2D eigenvalue weighted by Gasteiger charge is -2.05. The molecule has 3 aromatic rings. The topological polar surface area (TPSA) is 62.2 Å². The molecule has 0 saturated heterocycles. The number of carbonyl (C=O) groups excluding carboxylic acids is 1. The second-order valence-electron chi connectivity index (χ2n) is 4.91. The van der Waals surface area contributed by atoms with E-state index < -0.39 is 0 Å². The molecule has 0 bridgehead atoms. The fourth-order valence-electron chi connectivity index (χ4n) is 2.08. The second kappa shape index (κ2) is 6.18. The molecule has 0 atom stereocenters. The van der Waals surface area contributed by atoms with Crippen molar-refractivity contribution in [1.29, 1.82) is 0 Å². The predicted molar refractivity (Wildman–Crippen MR) is 88.3 cm³/mol. The third-order valence-corrected chi connectivity index (χ3v) is 4.45. The summed E-state index contributed by atoms with van der Waals surface area (Å²) >= 11 is 1.22. The average Bonchev–Trinajstić information content (AvgIpc) is 2.92. The van der Waals surface area contributed by atoms with Gasteiger partial charge in [0.25, 0.3) is 5.91 Å². The lowest BCUT2D eigenvalue weighted by atomic mass is 10.2. The molecule has 2 aromatic carbocycles. The summed E-state index contributed by atoms with van der Waals surface area (Å²) in [6, 6.07) is 12.5. The Hall–Kier alpha value is -2.73. The first-order chi connectivity index (χ1) is 11.0. The zero-order chi connectivity index (χ0) is 16.4. The molecule has 0 radical (unpaired) electrons. The number of para-hydroxylation sites is 2. The van der Waals surface area contributed by atoms with E-state index in [-0.39, 0.29) is 17.5 Å². The molecule has 4 nitrogen and oxygen atoms in total. The molecular formula is C17H13FN2O2S. The van der Waals surface area contributed by atoms with Crippen molar-refractivity contribution in [1.82, 2.24) is 4.98 Å². The molecule has 0 spiro atoms. The lowest BCUT2D eigenvalue weighted by Crippen LogP contribution is -2.11. The van der Waals surface area contributed by atoms with Crippen LogP contribution in [0.5, 0.6) is 5.75 Å². The van der Waals surface area contributed by atoms with Crippen LogP contribution in [0.3, 0.4) is 0 Å². The van der Waals surface area contributed by atoms with Gasteiger partial charge in [0, 0.05) is 5.56 Å². The van der Waals surface area contributed by atoms with Gasteiger partial charge in [0.2, 0.25) is 0 Å². The van der Waals surface area contributed by atoms with E-state index in [4.69, 9.17) is 0 Å². The summed E-state index contributed by atoms with van der Waals surface area (Å²) in [6.45, 7) is 1.74. The fraction of sp³-hybridized carbons (Fsp3) is 0.0588. The number of aromatic hydroxyl groups is 1. The van der Waals surface area contributed by atoms with E-state index >= 15 is 0 Å². The number of phenols is 1. The van der Waals surface area contributed by atoms with Crippen LogP contribution in [0.4, 0.5) is 10.1 Å². The Bertz CT molecular complexity index is 859. The molecule has 2 N–H and O–H groups in total. The SMILES string of the molecule is Cc1nc(-c2ccc(F)cc2)sc1C(=O)Nc1ccccc1O. The van der Waals surface area contributed by atoms with Crippen molar-refractivity contribution < 1.29 is 14.3 Å². The number of hydrogen-bond acceptors (Lipinski definition) is 4. The van der Waals surface area contributed by atoms with Gasteiger partial charge in [-0.2, -0.15) is 0 Å². The quantitative estimate of drug-likeness (QED) is 0.708. The molecule has 23 heavy (non-hydrogen) atoms. The first kappa shape index (κ1) is 15.2. The van der Waals surface area contributed by atoms with Gasteiger partial charge in [-0.05, 0) is 43.3 Å². The van der Waals surface area contributed by atoms with Crippen LogP contribution in [-0.2, 0) is 0 Å². The molecule has 6 heteroatoms. The summed E-state index contributed by atoms with van der Waals surface area (Å²) in [5.74, 6) is -0.656. The Morgan fingerprint density at radius 1 is 1.17 bits per heavy atom. The number of nitrogens with one attached hydrogen (secondary N) is 1. The minimum atomic E-state index is -0.338. The van der Waals surface area contributed by atoms with E-state index in [9.17, 15) is 14.3 Å². The van der Waals surface area contributed by atoms with Gasteiger partial charge in [0.15, 0.2) is 0 Å². The van der Waals surface area contributed by atoms with Gasteiger partial charge in [0.1, 0.15) is 21.5 Å². The second-order valence-corrected chi connectivity index (χ2v) is 5.91. The number of benzene rings is 2. The molecule has 0 aliphatic heterocycles. The van der Waals surface area contributed by atoms with Crippen molar-refractivity contribution in [2.45, 2.75) is 6.92 Å². The van der Waals surface area contributed by atoms with Crippen molar-refractivity contribution in [3.8, 4) is 16.3 Å². The third kappa shape index (κ3) is 3.22. The highest BCUT2D eigenvalue weighted by atomic mass is 32.1. The summed E-state index contributed by atoms with van der Waals surface area (Å²) in [6.07, 6.45) is 0. The zero-order valence-electron chi connectivity index (χ0n) is 12.2. The van der Waals surface area contributed by atoms with Crippen LogP contribution in [0.2, 0.25) is 0 Å². The Labute approximate surface area is 136 Å². The molecule has 0 aliphatic carbocycles. The summed E-state index contributed by atoms with van der Waals surface area (Å²) in [7, 11) is 0. The number of carbonyl (C=O) groups is 1. The van der Waals surface area contributed by atoms with Crippen molar-refractivity contribution in [3.63, 3.8) is 0 Å². The van der Waals surface area contributed by atoms with Gasteiger partial charge < -0.3 is 10.4 Å². The maximum absolute atomic E-state index is 13.0. The summed E-state index contributed by atoms with van der Waals surface area (Å²) < 4.78 is 13.0. The third-order valence-electron chi connectivity index (χ3n) is 3.25. The maximum atomic E-state index is 13.0. The highest BCUT2D eigenvalue weighted by Gasteiger charge is 2.17. The minimum absolute atomic E-state index is 0.00164. The Balaban J connectivity index is 1.87. The van der Waals surface area contributed by atoms with E-state index in [2.05, 4.69) is 10.3 Å². The fourth-order valence-corrected chi connectivity index (χ4v) is 3.05. The highest BCUT2D eigenvalue weighted by Crippen LogP contribution is 2.29. The molecule has 1 heterocycles. The summed E-state index contributed by atoms with van der Waals surface area (Å²) in [5.41, 5.74) is 1.68. The van der Waals surface area contributed by atoms with Crippen LogP contribution < -0.4 is 5.32 Å². The zero-order valence-corrected chi connectivity index (χ0v) is 13.0. The van der Waals surface area contributed by atoms with Crippen molar-refractivity contribution in [2.24, 2.45) is 0 Å². The van der Waals surface area contributed by atoms with E-state index in [1.807, 2.05) is 0 Å². The van der Waals surface area contributed by atoms with Crippen LogP contribution in [-0.4, -0.2) is 16.0 Å². The first-order valence-electron chi connectivity index (χ1n) is 6.87. The van der Waals surface area contributed by atoms with Crippen molar-refractivity contribution in [2.75, 3.05) is 5.32 Å². The number of amides is 1. The Morgan fingerprint density at radius 2 is 1.87 bits per heavy atom. The Morgan fingerprint density at radius 3 is 2.57 bits per heavy atom. The first-order valence-corrected chi connectivity index (χ1v) is 7.69. The van der Waals surface area contributed by atoms with E-state index in [0.29, 0.717) is 21.3 Å². The number of aromatic nitrogens is 1. The number of rotatable bonds is 3. The van der Waals surface area contributed by atoms with E-state index in [1.54, 1.807) is 37.3 Å². The highest BCUT2D eigenvalue weighted by molar-refractivity contribution is 7.17. The average molecular weight is 328 g/mol. The molecule has 1 amide bonds. The van der Waals surface area contributed by atoms with E-state index in [1.165, 1.54) is 29.5 Å². The molecular weight excluding hydrogens is 315 g/mol. The number of phenolic OH excluding ortho intramolecular Hbond substituents is 1. The van der Waals surface area contributed by atoms with Gasteiger partial charge in [0.05, 0.1) is 11.4 Å². The largest absolute Gasteiger partial charge is 0.506 e. The monoisotopic (exact) mass is 328 g/mol. The molecule has 0 fully saturated rings. The van der Waals surface area contributed by atoms with Crippen LogP contribution in [0.15, 0.2) is 48.5 Å². The van der Waals surface area contributed by atoms with Gasteiger partial charge in [-0.3, -0.25) is 4.79 Å². The molecule has 0 aliphatic rings. The van der Waals surface area contributed by atoms with Crippen molar-refractivity contribution >= 4 is 22.9 Å². The van der Waals surface area contributed by atoms with Crippen LogP contribution in [0, 0.1) is 12.7 Å². The number of thiazole rings is 1. The van der Waals surface area contributed by atoms with Crippen LogP contribution >= 0.6 is 11.3 Å². The van der Waals surface area contributed by atoms with Crippen LogP contribution in [0.25, 0.3) is 10.6 Å². The van der Waals surface area contributed by atoms with Crippen molar-refractivity contribution in [3.05, 3.63) is 64.9 Å². The van der Waals surface area contributed by atoms with Crippen LogP contribution in [0.1, 0.15) is 15.4 Å². The minimum Gasteiger partial charge on any atom is -0.506 e. The molecule has 116 valence electrons. The van der Waals surface area contributed by atoms with Gasteiger partial charge >= 0.3 is 0 Å². The molecule has 0 unspecified atom stereocenters. The normalized spacial score (nSPS) is 10.5. The number of aryl methyl sites for hydroxylation is 1. The number of hydrogen-bond donors (Lipinski definition) is 2. The summed E-state index contributed by atoms with van der Waals surface area (Å²) in [5, 5.41) is 13.0. The van der Waals surface area contributed by atoms with Gasteiger partial charge in [-0.1, -0.05) is 12.1 Å². The molecule has 3 rings (SSSR count). The van der Waals surface area contributed by atoms with Gasteiger partial charge in [-0.15, -0.1) is 11.3 Å². The molecule has 1 aromatic heterocycles. The maximum Gasteiger partial charge on any atom is 0.267 e. The number of nitrogens with zero attached hydrogens (tertiary/aromatic N) is 1. The Kier molecular flexibility index (Phi) is 4.08. The number of anilines is 1. The van der Waals surface area contributed by atoms with E-state index in [0.717, 1.165) is 5.56 Å². The number of halogens is 1. The smallest absolute Gasteiger partial charge is 0.267 e. The van der Waals surface area contributed by atoms with Gasteiger partial charge in [-0.25, -0.2) is 9.37 Å². The molecule has 0 saturated carbocycles. The lowest BCUT2D eigenvalue weighted by molar-refractivity contribution is 0.102. The standard InChI is InChI=1S/C17H13FN2O2S/c1-10-15(16(22)20-13-4-2-3-5-14(13)21)23-17(19-10)11-6-8-12(18)9-7-11/h2-9,21H,1H3,(H,20,22).